The van der Waals surface area contributed by atoms with Crippen LogP contribution in [0.4, 0.5) is 5.82 Å². The van der Waals surface area contributed by atoms with Gasteiger partial charge in [0.1, 0.15) is 11.7 Å². The highest BCUT2D eigenvalue weighted by Crippen LogP contribution is 2.20. The summed E-state index contributed by atoms with van der Waals surface area (Å²) in [7, 11) is 0. The number of rotatable bonds is 11. The van der Waals surface area contributed by atoms with Crippen LogP contribution in [0, 0.1) is 5.92 Å². The van der Waals surface area contributed by atoms with Gasteiger partial charge in [0.2, 0.25) is 5.91 Å². The van der Waals surface area contributed by atoms with Gasteiger partial charge in [-0.05, 0) is 43.7 Å². The van der Waals surface area contributed by atoms with Crippen LogP contribution in [0.3, 0.4) is 0 Å². The second-order valence-corrected chi connectivity index (χ2v) is 8.11. The molecule has 1 aromatic rings. The Balaban J connectivity index is 1.29. The third kappa shape index (κ3) is 6.95. The van der Waals surface area contributed by atoms with Crippen LogP contribution in [0.1, 0.15) is 56.2 Å². The van der Waals surface area contributed by atoms with Crippen LogP contribution in [-0.4, -0.2) is 59.8 Å². The smallest absolute Gasteiger partial charge is 0.316 e. The number of pyridine rings is 1. The first-order chi connectivity index (χ1) is 14.6. The Kier molecular flexibility index (Phi) is 8.89. The van der Waals surface area contributed by atoms with Crippen LogP contribution in [0.15, 0.2) is 12.1 Å². The minimum absolute atomic E-state index is 0.379. The number of nitrogens with one attached hydrogen (secondary N) is 2. The van der Waals surface area contributed by atoms with Crippen molar-refractivity contribution in [1.82, 2.24) is 15.4 Å². The van der Waals surface area contributed by atoms with Crippen molar-refractivity contribution in [3.8, 4) is 0 Å². The Hall–Kier alpha value is -2.19. The number of amides is 1. The van der Waals surface area contributed by atoms with E-state index in [1.165, 1.54) is 12.0 Å². The number of fused-ring (bicyclic) bond motifs is 1. The maximum atomic E-state index is 12.3. The largest absolute Gasteiger partial charge is 0.481 e. The number of anilines is 1. The molecule has 3 heterocycles. The predicted octanol–water partition coefficient (Wildman–Crippen LogP) is 2.39. The molecule has 0 saturated carbocycles. The molecule has 1 amide bonds. The summed E-state index contributed by atoms with van der Waals surface area (Å²) in [4.78, 5) is 28.5. The molecule has 8 nitrogen and oxygen atoms in total. The summed E-state index contributed by atoms with van der Waals surface area (Å²) < 4.78 is 5.24. The van der Waals surface area contributed by atoms with Crippen LogP contribution in [0.25, 0.3) is 0 Å². The first kappa shape index (κ1) is 22.5. The van der Waals surface area contributed by atoms with Gasteiger partial charge in [-0.2, -0.15) is 0 Å². The molecule has 2 aliphatic heterocycles. The molecule has 0 aromatic carbocycles. The van der Waals surface area contributed by atoms with Crippen LogP contribution in [0.5, 0.6) is 0 Å². The third-order valence-corrected chi connectivity index (χ3v) is 5.77. The van der Waals surface area contributed by atoms with Gasteiger partial charge in [0.05, 0.1) is 13.2 Å². The summed E-state index contributed by atoms with van der Waals surface area (Å²) in [6, 6.07) is 4.33. The molecule has 1 saturated heterocycles. The number of unbranched alkanes of at least 4 members (excludes halogenated alkanes) is 4. The SMILES string of the molecule is O=C(O)[C@@H](CCCCCCCc1ccc2c(n1)NCCC2)C(=O)NN1CCOCC1. The van der Waals surface area contributed by atoms with Crippen molar-refractivity contribution in [2.75, 3.05) is 38.2 Å². The minimum atomic E-state index is -1.05. The number of nitrogens with zero attached hydrogens (tertiary/aromatic N) is 2. The zero-order valence-electron chi connectivity index (χ0n) is 17.7. The standard InChI is InChI=1S/C22H34N4O4/c27-21(25-26-13-15-30-16-14-26)19(22(28)29)9-5-3-1-2-4-8-18-11-10-17-7-6-12-23-20(17)24-18/h10-11,19H,1-9,12-16H2,(H,23,24)(H,25,27)(H,28,29)/t19-/m0/s1. The predicted molar refractivity (Wildman–Crippen MR) is 114 cm³/mol. The van der Waals surface area contributed by atoms with Gasteiger partial charge < -0.3 is 15.2 Å². The maximum absolute atomic E-state index is 12.3. The highest BCUT2D eigenvalue weighted by atomic mass is 16.5. The quantitative estimate of drug-likeness (QED) is 0.374. The average molecular weight is 419 g/mol. The molecular formula is C22H34N4O4. The molecule has 0 aliphatic carbocycles. The molecule has 2 aliphatic rings. The van der Waals surface area contributed by atoms with E-state index in [2.05, 4.69) is 22.9 Å². The van der Waals surface area contributed by atoms with Crippen LogP contribution < -0.4 is 10.7 Å². The normalized spacial score (nSPS) is 17.6. The van der Waals surface area contributed by atoms with E-state index in [4.69, 9.17) is 9.72 Å². The fourth-order valence-electron chi connectivity index (χ4n) is 3.97. The van der Waals surface area contributed by atoms with Crippen molar-refractivity contribution in [2.24, 2.45) is 5.92 Å². The first-order valence-corrected chi connectivity index (χ1v) is 11.2. The number of ether oxygens (including phenoxy) is 1. The molecule has 0 bridgehead atoms. The number of carbonyl (C=O) groups is 2. The molecule has 0 radical (unpaired) electrons. The van der Waals surface area contributed by atoms with Crippen molar-refractivity contribution in [3.05, 3.63) is 23.4 Å². The number of aromatic nitrogens is 1. The van der Waals surface area contributed by atoms with Gasteiger partial charge in [0, 0.05) is 25.3 Å². The zero-order chi connectivity index (χ0) is 21.2. The highest BCUT2D eigenvalue weighted by Gasteiger charge is 2.27. The number of hydrogen-bond donors (Lipinski definition) is 3. The molecule has 0 unspecified atom stereocenters. The highest BCUT2D eigenvalue weighted by molar-refractivity contribution is 5.96. The molecule has 30 heavy (non-hydrogen) atoms. The lowest BCUT2D eigenvalue weighted by Gasteiger charge is -2.28. The molecule has 1 fully saturated rings. The zero-order valence-corrected chi connectivity index (χ0v) is 17.7. The van der Waals surface area contributed by atoms with Gasteiger partial charge in [-0.1, -0.05) is 31.7 Å². The second kappa shape index (κ2) is 11.9. The fraction of sp³-hybridized carbons (Fsp3) is 0.682. The fourth-order valence-corrected chi connectivity index (χ4v) is 3.97. The Morgan fingerprint density at radius 2 is 1.93 bits per heavy atom. The Labute approximate surface area is 178 Å². The lowest BCUT2D eigenvalue weighted by Crippen LogP contribution is -2.51. The lowest BCUT2D eigenvalue weighted by atomic mass is 9.99. The number of hydrogen-bond acceptors (Lipinski definition) is 6. The summed E-state index contributed by atoms with van der Waals surface area (Å²) in [6.45, 7) is 3.29. The average Bonchev–Trinajstić information content (AvgIpc) is 2.76. The van der Waals surface area contributed by atoms with Crippen molar-refractivity contribution >= 4 is 17.7 Å². The number of carbonyl (C=O) groups excluding carboxylic acids is 1. The monoisotopic (exact) mass is 418 g/mol. The van der Waals surface area contributed by atoms with E-state index in [9.17, 15) is 14.7 Å². The molecule has 1 aromatic heterocycles. The number of morpholine rings is 1. The first-order valence-electron chi connectivity index (χ1n) is 11.2. The second-order valence-electron chi connectivity index (χ2n) is 8.11. The summed E-state index contributed by atoms with van der Waals surface area (Å²) >= 11 is 0. The number of aryl methyl sites for hydroxylation is 2. The van der Waals surface area contributed by atoms with Gasteiger partial charge in [-0.3, -0.25) is 15.0 Å². The van der Waals surface area contributed by atoms with E-state index in [1.807, 2.05) is 0 Å². The van der Waals surface area contributed by atoms with Crippen LogP contribution in [-0.2, 0) is 27.2 Å². The van der Waals surface area contributed by atoms with Crippen molar-refractivity contribution in [3.63, 3.8) is 0 Å². The van der Waals surface area contributed by atoms with E-state index >= 15 is 0 Å². The molecule has 8 heteroatoms. The number of hydrazine groups is 1. The van der Waals surface area contributed by atoms with Gasteiger partial charge in [-0.15, -0.1) is 0 Å². The molecule has 1 atom stereocenters. The van der Waals surface area contributed by atoms with Crippen molar-refractivity contribution in [2.45, 2.75) is 57.8 Å². The summed E-state index contributed by atoms with van der Waals surface area (Å²) in [5.74, 6) is -1.40. The van der Waals surface area contributed by atoms with Gasteiger partial charge in [0.15, 0.2) is 0 Å². The molecule has 166 valence electrons. The Morgan fingerprint density at radius 1 is 1.17 bits per heavy atom. The molecule has 0 spiro atoms. The third-order valence-electron chi connectivity index (χ3n) is 5.77. The van der Waals surface area contributed by atoms with Crippen molar-refractivity contribution in [1.29, 1.82) is 0 Å². The Morgan fingerprint density at radius 3 is 2.73 bits per heavy atom. The maximum Gasteiger partial charge on any atom is 0.316 e. The summed E-state index contributed by atoms with van der Waals surface area (Å²) in [6.07, 6.45) is 8.51. The number of carboxylic acids is 1. The number of aliphatic carboxylic acids is 1. The van der Waals surface area contributed by atoms with Gasteiger partial charge >= 0.3 is 5.97 Å². The molecule has 3 rings (SSSR count). The van der Waals surface area contributed by atoms with Gasteiger partial charge in [-0.25, -0.2) is 9.99 Å². The molecule has 3 N–H and O–H groups in total. The van der Waals surface area contributed by atoms with E-state index in [0.29, 0.717) is 32.7 Å². The lowest BCUT2D eigenvalue weighted by molar-refractivity contribution is -0.149. The number of carboxylic acid groups (broad SMARTS) is 1. The summed E-state index contributed by atoms with van der Waals surface area (Å²) in [5, 5.41) is 14.5. The van der Waals surface area contributed by atoms with E-state index in [-0.39, 0.29) is 0 Å². The minimum Gasteiger partial charge on any atom is -0.481 e. The van der Waals surface area contributed by atoms with Crippen LogP contribution >= 0.6 is 0 Å². The molecular weight excluding hydrogens is 384 g/mol. The van der Waals surface area contributed by atoms with E-state index in [1.54, 1.807) is 5.01 Å². The van der Waals surface area contributed by atoms with Gasteiger partial charge in [0.25, 0.3) is 0 Å². The van der Waals surface area contributed by atoms with Crippen molar-refractivity contribution < 1.29 is 19.4 Å². The topological polar surface area (TPSA) is 104 Å². The summed E-state index contributed by atoms with van der Waals surface area (Å²) in [5.41, 5.74) is 5.17. The Bertz CT molecular complexity index is 706. The van der Waals surface area contributed by atoms with Crippen LogP contribution in [0.2, 0.25) is 0 Å². The van der Waals surface area contributed by atoms with E-state index in [0.717, 1.165) is 63.0 Å². The van der Waals surface area contributed by atoms with E-state index < -0.39 is 17.8 Å².